The van der Waals surface area contributed by atoms with Gasteiger partial charge in [-0.2, -0.15) is 0 Å². The fourth-order valence-electron chi connectivity index (χ4n) is 0.916. The lowest BCUT2D eigenvalue weighted by Gasteiger charge is -1.97. The van der Waals surface area contributed by atoms with E-state index in [2.05, 4.69) is 4.74 Å². The van der Waals surface area contributed by atoms with E-state index in [4.69, 9.17) is 0 Å². The molecule has 0 amide bonds. The van der Waals surface area contributed by atoms with E-state index in [1.807, 2.05) is 6.08 Å². The minimum atomic E-state index is -0.772. The summed E-state index contributed by atoms with van der Waals surface area (Å²) in [6.45, 7) is 0. The molecule has 0 N–H and O–H groups in total. The molecule has 62 valence electrons. The first kappa shape index (κ1) is 8.46. The Morgan fingerprint density at radius 1 is 1.82 bits per heavy atom. The zero-order valence-electron chi connectivity index (χ0n) is 6.33. The molecule has 0 bridgehead atoms. The van der Waals surface area contributed by atoms with E-state index in [0.29, 0.717) is 17.9 Å². The van der Waals surface area contributed by atoms with Gasteiger partial charge < -0.3 is 4.74 Å². The maximum absolute atomic E-state index is 10.8. The van der Waals surface area contributed by atoms with Crippen LogP contribution in [0.15, 0.2) is 11.6 Å². The highest BCUT2D eigenvalue weighted by atomic mass is 32.2. The molecule has 1 aliphatic rings. The summed E-state index contributed by atoms with van der Waals surface area (Å²) in [4.78, 5) is 10.7. The third-order valence-electron chi connectivity index (χ3n) is 1.50. The maximum Gasteiger partial charge on any atom is 0.309 e. The Morgan fingerprint density at radius 3 is 3.00 bits per heavy atom. The highest BCUT2D eigenvalue weighted by Gasteiger charge is 2.14. The zero-order chi connectivity index (χ0) is 8.27. The van der Waals surface area contributed by atoms with Gasteiger partial charge >= 0.3 is 5.97 Å². The molecule has 4 heteroatoms. The number of methoxy groups -OCH3 is 1. The average Bonchev–Trinajstić information content (AvgIpc) is 2.35. The SMILES string of the molecule is COC(=O)CC1=CCS(=O)C1. The van der Waals surface area contributed by atoms with Crippen LogP contribution in [0.1, 0.15) is 6.42 Å². The van der Waals surface area contributed by atoms with Crippen LogP contribution in [0.3, 0.4) is 0 Å². The molecule has 3 nitrogen and oxygen atoms in total. The van der Waals surface area contributed by atoms with E-state index >= 15 is 0 Å². The van der Waals surface area contributed by atoms with Crippen molar-refractivity contribution in [2.24, 2.45) is 0 Å². The molecule has 11 heavy (non-hydrogen) atoms. The van der Waals surface area contributed by atoms with E-state index in [0.717, 1.165) is 5.57 Å². The fraction of sp³-hybridized carbons (Fsp3) is 0.571. The van der Waals surface area contributed by atoms with Gasteiger partial charge in [-0.3, -0.25) is 9.00 Å². The Kier molecular flexibility index (Phi) is 2.82. The van der Waals surface area contributed by atoms with Gasteiger partial charge in [0.15, 0.2) is 0 Å². The van der Waals surface area contributed by atoms with Crippen molar-refractivity contribution in [2.45, 2.75) is 6.42 Å². The quantitative estimate of drug-likeness (QED) is 0.445. The molecule has 0 saturated heterocycles. The van der Waals surface area contributed by atoms with Gasteiger partial charge in [-0.25, -0.2) is 0 Å². The Bertz CT molecular complexity index is 220. The van der Waals surface area contributed by atoms with E-state index < -0.39 is 10.8 Å². The van der Waals surface area contributed by atoms with Gasteiger partial charge in [0.2, 0.25) is 0 Å². The number of rotatable bonds is 2. The van der Waals surface area contributed by atoms with Crippen molar-refractivity contribution in [1.82, 2.24) is 0 Å². The first-order chi connectivity index (χ1) is 5.22. The number of carbonyl (C=O) groups is 1. The van der Waals surface area contributed by atoms with Gasteiger partial charge in [-0.15, -0.1) is 0 Å². The van der Waals surface area contributed by atoms with E-state index in [1.165, 1.54) is 7.11 Å². The zero-order valence-corrected chi connectivity index (χ0v) is 7.15. The second-order valence-electron chi connectivity index (χ2n) is 2.37. The summed E-state index contributed by atoms with van der Waals surface area (Å²) in [5.74, 6) is 0.872. The molecule has 0 aromatic heterocycles. The minimum Gasteiger partial charge on any atom is -0.469 e. The summed E-state index contributed by atoms with van der Waals surface area (Å²) in [5.41, 5.74) is 0.940. The highest BCUT2D eigenvalue weighted by Crippen LogP contribution is 2.11. The summed E-state index contributed by atoms with van der Waals surface area (Å²) >= 11 is 0. The molecule has 0 saturated carbocycles. The molecule has 0 fully saturated rings. The number of hydrogen-bond acceptors (Lipinski definition) is 3. The lowest BCUT2D eigenvalue weighted by atomic mass is 10.2. The lowest BCUT2D eigenvalue weighted by molar-refractivity contribution is -0.139. The molecular formula is C7H10O3S. The largest absolute Gasteiger partial charge is 0.469 e. The summed E-state index contributed by atoms with van der Waals surface area (Å²) in [6.07, 6.45) is 2.15. The van der Waals surface area contributed by atoms with Gasteiger partial charge in [0.1, 0.15) is 0 Å². The molecule has 0 radical (unpaired) electrons. The Morgan fingerprint density at radius 2 is 2.55 bits per heavy atom. The second kappa shape index (κ2) is 3.67. The lowest BCUT2D eigenvalue weighted by Crippen LogP contribution is -2.03. The smallest absolute Gasteiger partial charge is 0.309 e. The fourth-order valence-corrected chi connectivity index (χ4v) is 2.09. The van der Waals surface area contributed by atoms with Crippen LogP contribution >= 0.6 is 0 Å². The first-order valence-corrected chi connectivity index (χ1v) is 4.81. The van der Waals surface area contributed by atoms with Crippen molar-refractivity contribution in [3.05, 3.63) is 11.6 Å². The van der Waals surface area contributed by atoms with Crippen molar-refractivity contribution in [2.75, 3.05) is 18.6 Å². The van der Waals surface area contributed by atoms with Crippen LogP contribution in [-0.2, 0) is 20.3 Å². The van der Waals surface area contributed by atoms with Crippen LogP contribution in [0.5, 0.6) is 0 Å². The molecule has 1 unspecified atom stereocenters. The molecule has 0 aromatic rings. The van der Waals surface area contributed by atoms with Crippen molar-refractivity contribution >= 4 is 16.8 Å². The molecule has 0 aliphatic carbocycles. The summed E-state index contributed by atoms with van der Waals surface area (Å²) < 4.78 is 15.3. The van der Waals surface area contributed by atoms with Gasteiger partial charge in [-0.05, 0) is 5.57 Å². The van der Waals surface area contributed by atoms with Crippen molar-refractivity contribution < 1.29 is 13.7 Å². The molecule has 1 heterocycles. The predicted molar refractivity (Wildman–Crippen MR) is 42.6 cm³/mol. The van der Waals surface area contributed by atoms with Crippen LogP contribution in [0.25, 0.3) is 0 Å². The standard InChI is InChI=1S/C7H10O3S/c1-10-7(8)4-6-2-3-11(9)5-6/h2H,3-5H2,1H3. The molecular weight excluding hydrogens is 164 g/mol. The number of hydrogen-bond donors (Lipinski definition) is 0. The Hall–Kier alpha value is -0.640. The van der Waals surface area contributed by atoms with E-state index in [1.54, 1.807) is 0 Å². The molecule has 0 aromatic carbocycles. The Balaban J connectivity index is 2.39. The normalized spacial score (nSPS) is 23.0. The monoisotopic (exact) mass is 174 g/mol. The Labute approximate surface area is 67.9 Å². The number of ether oxygens (including phenoxy) is 1. The van der Waals surface area contributed by atoms with Crippen LogP contribution in [0, 0.1) is 0 Å². The number of carbonyl (C=O) groups excluding carboxylic acids is 1. The molecule has 0 spiro atoms. The van der Waals surface area contributed by atoms with Crippen molar-refractivity contribution in [3.63, 3.8) is 0 Å². The van der Waals surface area contributed by atoms with Gasteiger partial charge in [-0.1, -0.05) is 6.08 Å². The maximum atomic E-state index is 10.8. The molecule has 1 aliphatic heterocycles. The van der Waals surface area contributed by atoms with Crippen LogP contribution in [-0.4, -0.2) is 28.8 Å². The van der Waals surface area contributed by atoms with E-state index in [-0.39, 0.29) is 5.97 Å². The van der Waals surface area contributed by atoms with Gasteiger partial charge in [0, 0.05) is 22.3 Å². The summed E-state index contributed by atoms with van der Waals surface area (Å²) in [6, 6.07) is 0. The van der Waals surface area contributed by atoms with E-state index in [9.17, 15) is 9.00 Å². The van der Waals surface area contributed by atoms with Crippen LogP contribution in [0.4, 0.5) is 0 Å². The number of esters is 1. The molecule has 1 atom stereocenters. The molecule has 1 rings (SSSR count). The summed E-state index contributed by atoms with van der Waals surface area (Å²) in [5, 5.41) is 0. The second-order valence-corrected chi connectivity index (χ2v) is 3.87. The van der Waals surface area contributed by atoms with Crippen LogP contribution < -0.4 is 0 Å². The average molecular weight is 174 g/mol. The van der Waals surface area contributed by atoms with Crippen molar-refractivity contribution in [1.29, 1.82) is 0 Å². The highest BCUT2D eigenvalue weighted by molar-refractivity contribution is 7.85. The minimum absolute atomic E-state index is 0.254. The van der Waals surface area contributed by atoms with Crippen LogP contribution in [0.2, 0.25) is 0 Å². The van der Waals surface area contributed by atoms with Crippen molar-refractivity contribution in [3.8, 4) is 0 Å². The third-order valence-corrected chi connectivity index (χ3v) is 2.73. The topological polar surface area (TPSA) is 43.4 Å². The third kappa shape index (κ3) is 2.46. The first-order valence-electron chi connectivity index (χ1n) is 3.32. The van der Waals surface area contributed by atoms with Gasteiger partial charge in [0.25, 0.3) is 0 Å². The predicted octanol–water partition coefficient (Wildman–Crippen LogP) is 0.238. The summed E-state index contributed by atoms with van der Waals surface area (Å²) in [7, 11) is 0.584. The van der Waals surface area contributed by atoms with Gasteiger partial charge in [0.05, 0.1) is 13.5 Å².